The fraction of sp³-hybridized carbons (Fsp3) is 0.214. The van der Waals surface area contributed by atoms with Gasteiger partial charge < -0.3 is 0 Å². The Morgan fingerprint density at radius 1 is 1.11 bits per heavy atom. The molecule has 1 heterocycles. The van der Waals surface area contributed by atoms with Crippen molar-refractivity contribution in [1.82, 2.24) is 4.98 Å². The SMILES string of the molecule is CCc1ccc(-c2cccc(C(F)(F)F)c2)nc1. The molecule has 2 rings (SSSR count). The lowest BCUT2D eigenvalue weighted by Crippen LogP contribution is -2.04. The topological polar surface area (TPSA) is 12.9 Å². The maximum Gasteiger partial charge on any atom is 0.416 e. The van der Waals surface area contributed by atoms with Crippen LogP contribution >= 0.6 is 0 Å². The molecule has 0 saturated carbocycles. The molecule has 0 aliphatic heterocycles. The van der Waals surface area contributed by atoms with Gasteiger partial charge in [0.05, 0.1) is 11.3 Å². The minimum absolute atomic E-state index is 0.479. The van der Waals surface area contributed by atoms with Crippen molar-refractivity contribution >= 4 is 0 Å². The number of pyridine rings is 1. The van der Waals surface area contributed by atoms with E-state index in [0.717, 1.165) is 24.1 Å². The second-order valence-electron chi connectivity index (χ2n) is 3.98. The maximum absolute atomic E-state index is 12.6. The van der Waals surface area contributed by atoms with Gasteiger partial charge in [-0.3, -0.25) is 4.98 Å². The lowest BCUT2D eigenvalue weighted by Gasteiger charge is -2.08. The molecular formula is C14H12F3N. The molecule has 0 amide bonds. The number of rotatable bonds is 2. The van der Waals surface area contributed by atoms with Crippen LogP contribution < -0.4 is 0 Å². The van der Waals surface area contributed by atoms with Crippen molar-refractivity contribution in [3.05, 3.63) is 53.7 Å². The number of alkyl halides is 3. The summed E-state index contributed by atoms with van der Waals surface area (Å²) in [6.45, 7) is 2.00. The molecule has 18 heavy (non-hydrogen) atoms. The summed E-state index contributed by atoms with van der Waals surface area (Å²) in [5.41, 5.74) is 1.44. The van der Waals surface area contributed by atoms with Gasteiger partial charge in [0.15, 0.2) is 0 Å². The van der Waals surface area contributed by atoms with Gasteiger partial charge in [-0.15, -0.1) is 0 Å². The first-order valence-corrected chi connectivity index (χ1v) is 5.63. The highest BCUT2D eigenvalue weighted by Gasteiger charge is 2.30. The zero-order valence-corrected chi connectivity index (χ0v) is 9.83. The Morgan fingerprint density at radius 3 is 2.44 bits per heavy atom. The Bertz CT molecular complexity index is 529. The average molecular weight is 251 g/mol. The Labute approximate surface area is 103 Å². The number of aryl methyl sites for hydroxylation is 1. The fourth-order valence-electron chi connectivity index (χ4n) is 1.66. The quantitative estimate of drug-likeness (QED) is 0.774. The Balaban J connectivity index is 2.38. The lowest BCUT2D eigenvalue weighted by molar-refractivity contribution is -0.137. The van der Waals surface area contributed by atoms with Gasteiger partial charge in [-0.05, 0) is 30.2 Å². The van der Waals surface area contributed by atoms with E-state index >= 15 is 0 Å². The van der Waals surface area contributed by atoms with Crippen molar-refractivity contribution in [2.24, 2.45) is 0 Å². The van der Waals surface area contributed by atoms with E-state index in [1.807, 2.05) is 13.0 Å². The van der Waals surface area contributed by atoms with Crippen LogP contribution in [0.15, 0.2) is 42.6 Å². The molecule has 2 aromatic rings. The van der Waals surface area contributed by atoms with Crippen LogP contribution in [0.25, 0.3) is 11.3 Å². The third-order valence-electron chi connectivity index (χ3n) is 2.72. The normalized spacial score (nSPS) is 11.6. The van der Waals surface area contributed by atoms with Crippen LogP contribution in [-0.4, -0.2) is 4.98 Å². The molecule has 4 heteroatoms. The second kappa shape index (κ2) is 4.80. The van der Waals surface area contributed by atoms with Crippen molar-refractivity contribution in [2.45, 2.75) is 19.5 Å². The van der Waals surface area contributed by atoms with E-state index in [2.05, 4.69) is 4.98 Å². The first-order valence-electron chi connectivity index (χ1n) is 5.63. The molecule has 0 atom stereocenters. The Kier molecular flexibility index (Phi) is 3.36. The Morgan fingerprint density at radius 2 is 1.89 bits per heavy atom. The predicted molar refractivity (Wildman–Crippen MR) is 64.1 cm³/mol. The maximum atomic E-state index is 12.6. The van der Waals surface area contributed by atoms with Crippen molar-refractivity contribution in [3.8, 4) is 11.3 Å². The minimum Gasteiger partial charge on any atom is -0.256 e. The first-order chi connectivity index (χ1) is 8.50. The van der Waals surface area contributed by atoms with E-state index < -0.39 is 11.7 Å². The molecule has 0 spiro atoms. The predicted octanol–water partition coefficient (Wildman–Crippen LogP) is 4.33. The molecule has 1 aromatic heterocycles. The number of benzene rings is 1. The molecule has 0 saturated heterocycles. The molecule has 1 aromatic carbocycles. The van der Waals surface area contributed by atoms with Crippen LogP contribution in [0.3, 0.4) is 0 Å². The molecule has 0 radical (unpaired) electrons. The van der Waals surface area contributed by atoms with Crippen molar-refractivity contribution in [1.29, 1.82) is 0 Å². The fourth-order valence-corrected chi connectivity index (χ4v) is 1.66. The smallest absolute Gasteiger partial charge is 0.256 e. The summed E-state index contributed by atoms with van der Waals surface area (Å²) in [7, 11) is 0. The number of hydrogen-bond acceptors (Lipinski definition) is 1. The third kappa shape index (κ3) is 2.70. The van der Waals surface area contributed by atoms with Gasteiger partial charge in [-0.25, -0.2) is 0 Å². The standard InChI is InChI=1S/C14H12F3N/c1-2-10-6-7-13(18-9-10)11-4-3-5-12(8-11)14(15,16)17/h3-9H,2H2,1H3. The van der Waals surface area contributed by atoms with E-state index in [9.17, 15) is 13.2 Å². The molecule has 94 valence electrons. The van der Waals surface area contributed by atoms with Gasteiger partial charge >= 0.3 is 6.18 Å². The summed E-state index contributed by atoms with van der Waals surface area (Å²) >= 11 is 0. The van der Waals surface area contributed by atoms with Crippen LogP contribution in [0.5, 0.6) is 0 Å². The molecule has 0 aliphatic rings. The summed E-state index contributed by atoms with van der Waals surface area (Å²) in [6.07, 6.45) is -1.77. The van der Waals surface area contributed by atoms with Gasteiger partial charge in [0.25, 0.3) is 0 Å². The molecule has 0 fully saturated rings. The molecule has 1 nitrogen and oxygen atoms in total. The number of halogens is 3. The second-order valence-corrected chi connectivity index (χ2v) is 3.98. The molecule has 0 aliphatic carbocycles. The molecule has 0 N–H and O–H groups in total. The summed E-state index contributed by atoms with van der Waals surface area (Å²) in [5.74, 6) is 0. The van der Waals surface area contributed by atoms with E-state index in [4.69, 9.17) is 0 Å². The van der Waals surface area contributed by atoms with Gasteiger partial charge in [0.2, 0.25) is 0 Å². The molecule has 0 bridgehead atoms. The van der Waals surface area contributed by atoms with Crippen molar-refractivity contribution < 1.29 is 13.2 Å². The number of nitrogens with zero attached hydrogens (tertiary/aromatic N) is 1. The largest absolute Gasteiger partial charge is 0.416 e. The highest BCUT2D eigenvalue weighted by atomic mass is 19.4. The highest BCUT2D eigenvalue weighted by Crippen LogP contribution is 2.31. The molecular weight excluding hydrogens is 239 g/mol. The first kappa shape index (κ1) is 12.6. The van der Waals surface area contributed by atoms with Crippen LogP contribution in [0.2, 0.25) is 0 Å². The third-order valence-corrected chi connectivity index (χ3v) is 2.72. The average Bonchev–Trinajstić information content (AvgIpc) is 2.38. The van der Waals surface area contributed by atoms with E-state index in [1.165, 1.54) is 6.07 Å². The van der Waals surface area contributed by atoms with Gasteiger partial charge in [-0.2, -0.15) is 13.2 Å². The summed E-state index contributed by atoms with van der Waals surface area (Å²) < 4.78 is 37.7. The van der Waals surface area contributed by atoms with E-state index in [-0.39, 0.29) is 0 Å². The van der Waals surface area contributed by atoms with E-state index in [1.54, 1.807) is 18.3 Å². The van der Waals surface area contributed by atoms with Gasteiger partial charge in [-0.1, -0.05) is 25.1 Å². The van der Waals surface area contributed by atoms with Crippen molar-refractivity contribution in [2.75, 3.05) is 0 Å². The zero-order valence-electron chi connectivity index (χ0n) is 9.83. The Hall–Kier alpha value is -1.84. The lowest BCUT2D eigenvalue weighted by atomic mass is 10.1. The summed E-state index contributed by atoms with van der Waals surface area (Å²) in [6, 6.07) is 8.82. The number of aromatic nitrogens is 1. The van der Waals surface area contributed by atoms with E-state index in [0.29, 0.717) is 11.3 Å². The van der Waals surface area contributed by atoms with Crippen molar-refractivity contribution in [3.63, 3.8) is 0 Å². The van der Waals surface area contributed by atoms with Gasteiger partial charge in [0, 0.05) is 11.8 Å². The van der Waals surface area contributed by atoms with Crippen LogP contribution in [0.4, 0.5) is 13.2 Å². The zero-order chi connectivity index (χ0) is 13.2. The summed E-state index contributed by atoms with van der Waals surface area (Å²) in [5, 5.41) is 0. The van der Waals surface area contributed by atoms with Crippen LogP contribution in [-0.2, 0) is 12.6 Å². The van der Waals surface area contributed by atoms with Crippen LogP contribution in [0.1, 0.15) is 18.1 Å². The minimum atomic E-state index is -4.32. The van der Waals surface area contributed by atoms with Gasteiger partial charge in [0.1, 0.15) is 0 Å². The monoisotopic (exact) mass is 251 g/mol. The highest BCUT2D eigenvalue weighted by molar-refractivity contribution is 5.60. The van der Waals surface area contributed by atoms with Crippen LogP contribution in [0, 0.1) is 0 Å². The summed E-state index contributed by atoms with van der Waals surface area (Å²) in [4.78, 5) is 4.18. The molecule has 0 unspecified atom stereocenters. The number of hydrogen-bond donors (Lipinski definition) is 0.